The van der Waals surface area contributed by atoms with E-state index < -0.39 is 11.8 Å². The number of carbonyl (C=O) groups is 3. The van der Waals surface area contributed by atoms with Crippen molar-refractivity contribution in [2.24, 2.45) is 0 Å². The van der Waals surface area contributed by atoms with Crippen LogP contribution >= 0.6 is 23.2 Å². The van der Waals surface area contributed by atoms with Crippen molar-refractivity contribution in [1.82, 2.24) is 5.32 Å². The van der Waals surface area contributed by atoms with Gasteiger partial charge in [0.1, 0.15) is 5.70 Å². The van der Waals surface area contributed by atoms with E-state index in [1.165, 1.54) is 25.3 Å². The molecule has 0 saturated heterocycles. The number of hydrogen-bond donors (Lipinski definition) is 2. The number of hydrogen-bond acceptors (Lipinski definition) is 5. The largest absolute Gasteiger partial charge is 0.493 e. The summed E-state index contributed by atoms with van der Waals surface area (Å²) in [6, 6.07) is 25.0. The number of rotatable bonds is 10. The van der Waals surface area contributed by atoms with Crippen LogP contribution in [0.2, 0.25) is 10.0 Å². The van der Waals surface area contributed by atoms with Gasteiger partial charge >= 0.3 is 0 Å². The molecule has 42 heavy (non-hydrogen) atoms. The minimum absolute atomic E-state index is 0.0385. The van der Waals surface area contributed by atoms with Gasteiger partial charge in [0.2, 0.25) is 0 Å². The molecule has 212 valence electrons. The maximum Gasteiger partial charge on any atom is 0.272 e. The third-order valence-corrected chi connectivity index (χ3v) is 6.63. The molecule has 4 aromatic carbocycles. The Hall–Kier alpha value is -4.85. The highest BCUT2D eigenvalue weighted by molar-refractivity contribution is 6.35. The Bertz CT molecular complexity index is 1670. The van der Waals surface area contributed by atoms with Gasteiger partial charge in [0.25, 0.3) is 11.8 Å². The fraction of sp³-hybridized carbons (Fsp3) is 0.0606. The Labute approximate surface area is 253 Å². The molecule has 0 aliphatic heterocycles. The molecule has 9 heteroatoms. The number of amides is 2. The Morgan fingerprint density at radius 3 is 2.17 bits per heavy atom. The lowest BCUT2D eigenvalue weighted by Crippen LogP contribution is -2.30. The van der Waals surface area contributed by atoms with Crippen molar-refractivity contribution in [3.63, 3.8) is 0 Å². The monoisotopic (exact) mass is 600 g/mol. The second kappa shape index (κ2) is 14.2. The second-order valence-corrected chi connectivity index (χ2v) is 9.70. The Morgan fingerprint density at radius 2 is 1.50 bits per heavy atom. The van der Waals surface area contributed by atoms with Crippen molar-refractivity contribution in [1.29, 1.82) is 0 Å². The molecule has 0 radical (unpaired) electrons. The summed E-state index contributed by atoms with van der Waals surface area (Å²) in [6.07, 6.45) is 4.54. The summed E-state index contributed by atoms with van der Waals surface area (Å²) in [6.45, 7) is 0. The number of anilines is 1. The SMILES string of the molecule is COc1cccc(/C=C/C(=O)c2ccc(NC(=O)/C(=C/c3ccc(Cl)cc3Cl)NC(=O)c3ccccc3)cc2)c1OC. The summed E-state index contributed by atoms with van der Waals surface area (Å²) < 4.78 is 10.7. The van der Waals surface area contributed by atoms with Crippen LogP contribution in [0.1, 0.15) is 31.8 Å². The molecule has 0 aromatic heterocycles. The molecule has 0 atom stereocenters. The van der Waals surface area contributed by atoms with Crippen LogP contribution in [0.25, 0.3) is 12.2 Å². The average molecular weight is 601 g/mol. The van der Waals surface area contributed by atoms with Crippen LogP contribution in [0.5, 0.6) is 11.5 Å². The molecule has 0 aliphatic carbocycles. The molecule has 0 fully saturated rings. The van der Waals surface area contributed by atoms with Crippen LogP contribution in [0, 0.1) is 0 Å². The number of para-hydroxylation sites is 1. The van der Waals surface area contributed by atoms with Gasteiger partial charge in [0, 0.05) is 32.4 Å². The predicted molar refractivity (Wildman–Crippen MR) is 166 cm³/mol. The summed E-state index contributed by atoms with van der Waals surface area (Å²) in [5.74, 6) is -0.230. The van der Waals surface area contributed by atoms with Crippen LogP contribution in [-0.2, 0) is 4.79 Å². The van der Waals surface area contributed by atoms with Gasteiger partial charge < -0.3 is 20.1 Å². The first-order valence-corrected chi connectivity index (χ1v) is 13.4. The molecule has 0 bridgehead atoms. The smallest absolute Gasteiger partial charge is 0.272 e. The summed E-state index contributed by atoms with van der Waals surface area (Å²) >= 11 is 12.3. The number of methoxy groups -OCH3 is 2. The van der Waals surface area contributed by atoms with E-state index >= 15 is 0 Å². The number of halogens is 2. The van der Waals surface area contributed by atoms with Gasteiger partial charge in [-0.1, -0.05) is 59.6 Å². The molecule has 0 spiro atoms. The fourth-order valence-corrected chi connectivity index (χ4v) is 4.40. The fourth-order valence-electron chi connectivity index (χ4n) is 3.94. The number of benzene rings is 4. The molecular weight excluding hydrogens is 575 g/mol. The van der Waals surface area contributed by atoms with Crippen molar-refractivity contribution in [2.75, 3.05) is 19.5 Å². The van der Waals surface area contributed by atoms with Gasteiger partial charge in [-0.05, 0) is 78.4 Å². The van der Waals surface area contributed by atoms with E-state index in [1.54, 1.807) is 92.0 Å². The summed E-state index contributed by atoms with van der Waals surface area (Å²) in [4.78, 5) is 38.9. The molecule has 4 aromatic rings. The van der Waals surface area contributed by atoms with E-state index in [1.807, 2.05) is 6.07 Å². The summed E-state index contributed by atoms with van der Waals surface area (Å²) in [7, 11) is 3.07. The normalized spacial score (nSPS) is 11.2. The maximum atomic E-state index is 13.3. The number of carbonyl (C=O) groups excluding carboxylic acids is 3. The van der Waals surface area contributed by atoms with E-state index in [4.69, 9.17) is 32.7 Å². The average Bonchev–Trinajstić information content (AvgIpc) is 3.01. The summed E-state index contributed by atoms with van der Waals surface area (Å²) in [5, 5.41) is 6.15. The quantitative estimate of drug-likeness (QED) is 0.147. The first kappa shape index (κ1) is 30.1. The van der Waals surface area contributed by atoms with E-state index in [9.17, 15) is 14.4 Å². The minimum Gasteiger partial charge on any atom is -0.493 e. The molecule has 7 nitrogen and oxygen atoms in total. The van der Waals surface area contributed by atoms with E-state index in [2.05, 4.69) is 10.6 Å². The molecule has 0 aliphatic rings. The van der Waals surface area contributed by atoms with Gasteiger partial charge in [-0.25, -0.2) is 0 Å². The van der Waals surface area contributed by atoms with E-state index in [0.717, 1.165) is 0 Å². The Morgan fingerprint density at radius 1 is 0.762 bits per heavy atom. The molecule has 2 amide bonds. The lowest BCUT2D eigenvalue weighted by Gasteiger charge is -2.12. The number of nitrogens with one attached hydrogen (secondary N) is 2. The highest BCUT2D eigenvalue weighted by Crippen LogP contribution is 2.31. The van der Waals surface area contributed by atoms with Crippen molar-refractivity contribution in [2.45, 2.75) is 0 Å². The van der Waals surface area contributed by atoms with Crippen molar-refractivity contribution >= 4 is 58.6 Å². The highest BCUT2D eigenvalue weighted by atomic mass is 35.5. The molecule has 0 heterocycles. The summed E-state index contributed by atoms with van der Waals surface area (Å²) in [5.41, 5.74) is 2.33. The van der Waals surface area contributed by atoms with Crippen LogP contribution in [-0.4, -0.2) is 31.8 Å². The van der Waals surface area contributed by atoms with E-state index in [-0.39, 0.29) is 11.5 Å². The lowest BCUT2D eigenvalue weighted by molar-refractivity contribution is -0.113. The predicted octanol–water partition coefficient (Wildman–Crippen LogP) is 7.32. The van der Waals surface area contributed by atoms with Crippen LogP contribution in [0.3, 0.4) is 0 Å². The van der Waals surface area contributed by atoms with Crippen LogP contribution < -0.4 is 20.1 Å². The number of ketones is 1. The molecule has 2 N–H and O–H groups in total. The molecule has 0 unspecified atom stereocenters. The van der Waals surface area contributed by atoms with Crippen LogP contribution in [0.4, 0.5) is 5.69 Å². The Kier molecular flexibility index (Phi) is 10.2. The standard InChI is InChI=1S/C33H26Cl2N2O5/c1-41-30-10-6-9-22(31(30)42-2)14-18-29(38)21-12-16-26(17-13-21)36-33(40)28(19-24-11-15-25(34)20-27(24)35)37-32(39)23-7-4-3-5-8-23/h3-20H,1-2H3,(H,36,40)(H,37,39)/b18-14+,28-19-. The van der Waals surface area contributed by atoms with Crippen molar-refractivity contribution in [3.8, 4) is 11.5 Å². The van der Waals surface area contributed by atoms with E-state index in [0.29, 0.717) is 49.5 Å². The van der Waals surface area contributed by atoms with Crippen molar-refractivity contribution in [3.05, 3.63) is 135 Å². The topological polar surface area (TPSA) is 93.7 Å². The minimum atomic E-state index is -0.589. The first-order chi connectivity index (χ1) is 20.3. The lowest BCUT2D eigenvalue weighted by atomic mass is 10.1. The zero-order chi connectivity index (χ0) is 30.1. The van der Waals surface area contributed by atoms with Gasteiger partial charge in [0.05, 0.1) is 14.2 Å². The third-order valence-electron chi connectivity index (χ3n) is 6.07. The van der Waals surface area contributed by atoms with Gasteiger partial charge in [-0.15, -0.1) is 0 Å². The van der Waals surface area contributed by atoms with Gasteiger partial charge in [-0.3, -0.25) is 14.4 Å². The van der Waals surface area contributed by atoms with Gasteiger partial charge in [-0.2, -0.15) is 0 Å². The molecule has 4 rings (SSSR count). The maximum absolute atomic E-state index is 13.3. The molecular formula is C33H26Cl2N2O5. The first-order valence-electron chi connectivity index (χ1n) is 12.7. The molecule has 0 saturated carbocycles. The second-order valence-electron chi connectivity index (χ2n) is 8.86. The Balaban J connectivity index is 1.52. The zero-order valence-corrected chi connectivity index (χ0v) is 24.2. The highest BCUT2D eigenvalue weighted by Gasteiger charge is 2.16. The number of ether oxygens (including phenoxy) is 2. The van der Waals surface area contributed by atoms with Gasteiger partial charge in [0.15, 0.2) is 17.3 Å². The van der Waals surface area contributed by atoms with Crippen LogP contribution in [0.15, 0.2) is 103 Å². The third kappa shape index (κ3) is 7.66. The van der Waals surface area contributed by atoms with Crippen molar-refractivity contribution < 1.29 is 23.9 Å². The zero-order valence-electron chi connectivity index (χ0n) is 22.7. The number of allylic oxidation sites excluding steroid dienone is 1.